The van der Waals surface area contributed by atoms with Crippen LogP contribution in [0.3, 0.4) is 0 Å². The molecule has 0 radical (unpaired) electrons. The highest BCUT2D eigenvalue weighted by Crippen LogP contribution is 2.38. The number of carbonyl (C=O) groups is 2. The fraction of sp³-hybridized carbons (Fsp3) is 0.526. The van der Waals surface area contributed by atoms with Crippen molar-refractivity contribution in [1.82, 2.24) is 15.2 Å². The Morgan fingerprint density at radius 3 is 2.88 bits per heavy atom. The highest BCUT2D eigenvalue weighted by molar-refractivity contribution is 5.87. The molecule has 1 N–H and O–H groups in total. The van der Waals surface area contributed by atoms with Gasteiger partial charge in [0.05, 0.1) is 0 Å². The third kappa shape index (κ3) is 4.00. The summed E-state index contributed by atoms with van der Waals surface area (Å²) in [6.45, 7) is 6.45. The van der Waals surface area contributed by atoms with Crippen LogP contribution < -0.4 is 5.32 Å². The van der Waals surface area contributed by atoms with Gasteiger partial charge in [-0.1, -0.05) is 18.2 Å². The molecule has 134 valence electrons. The Labute approximate surface area is 148 Å². The van der Waals surface area contributed by atoms with Crippen molar-refractivity contribution in [3.8, 4) is 0 Å². The zero-order valence-corrected chi connectivity index (χ0v) is 14.9. The largest absolute Gasteiger partial charge is 0.444 e. The zero-order valence-electron chi connectivity index (χ0n) is 14.9. The summed E-state index contributed by atoms with van der Waals surface area (Å²) < 4.78 is 5.50. The summed E-state index contributed by atoms with van der Waals surface area (Å²) in [6.07, 6.45) is 8.05. The molecule has 0 bridgehead atoms. The first-order chi connectivity index (χ1) is 11.8. The Kier molecular flexibility index (Phi) is 4.79. The van der Waals surface area contributed by atoms with Gasteiger partial charge in [-0.15, -0.1) is 0 Å². The standard InChI is InChI=1S/C19H25N3O3/c1-19(2,3)25-18(24)22-12-14-7-4-8-15(14)16(22)17(23)21-11-13-6-5-9-20-10-13/h4-6,8-10,14-16H,7,11-12H2,1-3H3,(H,21,23). The van der Waals surface area contributed by atoms with Crippen molar-refractivity contribution in [2.45, 2.75) is 45.4 Å². The SMILES string of the molecule is CC(C)(C)OC(=O)N1CC2CC=CC2C1C(=O)NCc1cccnc1. The molecule has 1 saturated heterocycles. The minimum absolute atomic E-state index is 0.0569. The average Bonchev–Trinajstić information content (AvgIpc) is 3.12. The quantitative estimate of drug-likeness (QED) is 0.856. The molecular weight excluding hydrogens is 318 g/mol. The van der Waals surface area contributed by atoms with Gasteiger partial charge >= 0.3 is 6.09 Å². The summed E-state index contributed by atoms with van der Waals surface area (Å²) in [7, 11) is 0. The van der Waals surface area contributed by atoms with Gasteiger partial charge in [-0.2, -0.15) is 0 Å². The third-order valence-electron chi connectivity index (χ3n) is 4.56. The summed E-state index contributed by atoms with van der Waals surface area (Å²) in [5, 5.41) is 2.94. The van der Waals surface area contributed by atoms with Crippen LogP contribution in [0.2, 0.25) is 0 Å². The Morgan fingerprint density at radius 1 is 1.40 bits per heavy atom. The number of nitrogens with zero attached hydrogens (tertiary/aromatic N) is 2. The number of amides is 2. The number of fused-ring (bicyclic) bond motifs is 1. The van der Waals surface area contributed by atoms with Crippen molar-refractivity contribution in [1.29, 1.82) is 0 Å². The zero-order chi connectivity index (χ0) is 18.0. The first-order valence-electron chi connectivity index (χ1n) is 8.68. The maximum Gasteiger partial charge on any atom is 0.411 e. The number of nitrogens with one attached hydrogen (secondary N) is 1. The normalized spacial score (nSPS) is 24.9. The predicted octanol–water partition coefficient (Wildman–Crippen LogP) is 2.51. The molecule has 0 spiro atoms. The molecule has 0 aromatic carbocycles. The maximum absolute atomic E-state index is 12.8. The Balaban J connectivity index is 1.71. The van der Waals surface area contributed by atoms with E-state index < -0.39 is 17.7 Å². The number of allylic oxidation sites excluding steroid dienone is 1. The lowest BCUT2D eigenvalue weighted by molar-refractivity contribution is -0.126. The van der Waals surface area contributed by atoms with E-state index in [0.717, 1.165) is 12.0 Å². The summed E-state index contributed by atoms with van der Waals surface area (Å²) in [6, 6.07) is 3.22. The van der Waals surface area contributed by atoms with Gasteiger partial charge < -0.3 is 10.1 Å². The second kappa shape index (κ2) is 6.86. The lowest BCUT2D eigenvalue weighted by Crippen LogP contribution is -2.49. The first kappa shape index (κ1) is 17.5. The molecule has 1 aromatic heterocycles. The van der Waals surface area contributed by atoms with Crippen LogP contribution in [0.4, 0.5) is 4.79 Å². The summed E-state index contributed by atoms with van der Waals surface area (Å²) in [4.78, 5) is 31.0. The molecule has 2 heterocycles. The van der Waals surface area contributed by atoms with E-state index in [-0.39, 0.29) is 11.8 Å². The summed E-state index contributed by atoms with van der Waals surface area (Å²) >= 11 is 0. The van der Waals surface area contributed by atoms with Crippen molar-refractivity contribution in [3.63, 3.8) is 0 Å². The van der Waals surface area contributed by atoms with E-state index in [0.29, 0.717) is 19.0 Å². The molecule has 1 aromatic rings. The van der Waals surface area contributed by atoms with Crippen LogP contribution in [0, 0.1) is 11.8 Å². The average molecular weight is 343 g/mol. The molecule has 3 rings (SSSR count). The van der Waals surface area contributed by atoms with Gasteiger partial charge in [-0.3, -0.25) is 14.7 Å². The lowest BCUT2D eigenvalue weighted by Gasteiger charge is -2.29. The number of rotatable bonds is 3. The molecule has 1 aliphatic carbocycles. The number of hydrogen-bond donors (Lipinski definition) is 1. The van der Waals surface area contributed by atoms with E-state index in [1.54, 1.807) is 17.3 Å². The van der Waals surface area contributed by atoms with Crippen LogP contribution in [0.5, 0.6) is 0 Å². The fourth-order valence-electron chi connectivity index (χ4n) is 3.48. The number of hydrogen-bond acceptors (Lipinski definition) is 4. The number of pyridine rings is 1. The number of likely N-dealkylation sites (tertiary alicyclic amines) is 1. The molecule has 3 unspecified atom stereocenters. The number of ether oxygens (including phenoxy) is 1. The van der Waals surface area contributed by atoms with Gasteiger partial charge in [0, 0.05) is 31.4 Å². The van der Waals surface area contributed by atoms with E-state index >= 15 is 0 Å². The van der Waals surface area contributed by atoms with E-state index in [9.17, 15) is 9.59 Å². The van der Waals surface area contributed by atoms with Gasteiger partial charge in [0.1, 0.15) is 11.6 Å². The van der Waals surface area contributed by atoms with Gasteiger partial charge in [0.25, 0.3) is 0 Å². The minimum atomic E-state index is -0.582. The molecule has 1 fully saturated rings. The maximum atomic E-state index is 12.8. The highest BCUT2D eigenvalue weighted by Gasteiger charge is 2.48. The van der Waals surface area contributed by atoms with Crippen molar-refractivity contribution in [2.75, 3.05) is 6.54 Å². The van der Waals surface area contributed by atoms with Crippen molar-refractivity contribution >= 4 is 12.0 Å². The first-order valence-corrected chi connectivity index (χ1v) is 8.68. The molecule has 6 nitrogen and oxygen atoms in total. The minimum Gasteiger partial charge on any atom is -0.444 e. The molecule has 0 saturated carbocycles. The smallest absolute Gasteiger partial charge is 0.411 e. The van der Waals surface area contributed by atoms with Crippen molar-refractivity contribution in [3.05, 3.63) is 42.2 Å². The van der Waals surface area contributed by atoms with Crippen molar-refractivity contribution in [2.24, 2.45) is 11.8 Å². The molecule has 2 aliphatic rings. The summed E-state index contributed by atoms with van der Waals surface area (Å²) in [5.74, 6) is 0.205. The van der Waals surface area contributed by atoms with E-state index in [1.165, 1.54) is 0 Å². The van der Waals surface area contributed by atoms with Gasteiger partial charge in [-0.25, -0.2) is 4.79 Å². The van der Waals surface area contributed by atoms with E-state index in [2.05, 4.69) is 22.5 Å². The fourth-order valence-corrected chi connectivity index (χ4v) is 3.48. The third-order valence-corrected chi connectivity index (χ3v) is 4.56. The molecule has 25 heavy (non-hydrogen) atoms. The second-order valence-electron chi connectivity index (χ2n) is 7.66. The Hall–Kier alpha value is -2.37. The van der Waals surface area contributed by atoms with Gasteiger partial charge in [0.2, 0.25) is 5.91 Å². The number of carbonyl (C=O) groups excluding carboxylic acids is 2. The molecule has 1 aliphatic heterocycles. The molecule has 2 amide bonds. The number of aromatic nitrogens is 1. The Bertz CT molecular complexity index is 666. The van der Waals surface area contributed by atoms with Gasteiger partial charge in [-0.05, 0) is 44.7 Å². The van der Waals surface area contributed by atoms with Crippen LogP contribution in [0.15, 0.2) is 36.7 Å². The highest BCUT2D eigenvalue weighted by atomic mass is 16.6. The van der Waals surface area contributed by atoms with Gasteiger partial charge in [0.15, 0.2) is 0 Å². The van der Waals surface area contributed by atoms with Crippen molar-refractivity contribution < 1.29 is 14.3 Å². The van der Waals surface area contributed by atoms with Crippen LogP contribution in [-0.4, -0.2) is 40.1 Å². The topological polar surface area (TPSA) is 71.5 Å². The van der Waals surface area contributed by atoms with Crippen LogP contribution in [0.25, 0.3) is 0 Å². The van der Waals surface area contributed by atoms with E-state index in [1.807, 2.05) is 32.9 Å². The van der Waals surface area contributed by atoms with E-state index in [4.69, 9.17) is 4.74 Å². The molecule has 3 atom stereocenters. The van der Waals surface area contributed by atoms with Crippen LogP contribution >= 0.6 is 0 Å². The van der Waals surface area contributed by atoms with Crippen LogP contribution in [0.1, 0.15) is 32.8 Å². The summed E-state index contributed by atoms with van der Waals surface area (Å²) in [5.41, 5.74) is 0.345. The van der Waals surface area contributed by atoms with Crippen LogP contribution in [-0.2, 0) is 16.1 Å². The molecular formula is C19H25N3O3. The predicted molar refractivity (Wildman–Crippen MR) is 93.5 cm³/mol. The Morgan fingerprint density at radius 2 is 2.20 bits per heavy atom. The lowest BCUT2D eigenvalue weighted by atomic mass is 9.93. The second-order valence-corrected chi connectivity index (χ2v) is 7.66. The molecule has 6 heteroatoms. The monoisotopic (exact) mass is 343 g/mol.